The lowest BCUT2D eigenvalue weighted by atomic mass is 10.2. The van der Waals surface area contributed by atoms with Crippen molar-refractivity contribution in [1.82, 2.24) is 9.88 Å². The van der Waals surface area contributed by atoms with Gasteiger partial charge in [0, 0.05) is 12.2 Å². The van der Waals surface area contributed by atoms with Crippen LogP contribution in [0.1, 0.15) is 17.8 Å². The highest BCUT2D eigenvalue weighted by atomic mass is 32.1. The van der Waals surface area contributed by atoms with Crippen molar-refractivity contribution in [2.45, 2.75) is 25.4 Å². The van der Waals surface area contributed by atoms with Crippen LogP contribution in [0, 0.1) is 0 Å². The van der Waals surface area contributed by atoms with E-state index in [-0.39, 0.29) is 6.61 Å². The molecule has 3 rings (SSSR count). The molecule has 0 spiro atoms. The first kappa shape index (κ1) is 12.8. The average Bonchev–Trinajstić information content (AvgIpc) is 3.09. The van der Waals surface area contributed by atoms with Crippen molar-refractivity contribution in [2.75, 3.05) is 13.2 Å². The lowest BCUT2D eigenvalue weighted by Gasteiger charge is -2.20. The van der Waals surface area contributed by atoms with Gasteiger partial charge in [0.15, 0.2) is 0 Å². The molecule has 0 unspecified atom stereocenters. The maximum atomic E-state index is 9.34. The molecule has 3 nitrogen and oxygen atoms in total. The summed E-state index contributed by atoms with van der Waals surface area (Å²) in [5, 5.41) is 10.5. The Morgan fingerprint density at radius 2 is 2.16 bits per heavy atom. The minimum atomic E-state index is 0.261. The van der Waals surface area contributed by atoms with Crippen LogP contribution in [0.3, 0.4) is 0 Å². The van der Waals surface area contributed by atoms with E-state index in [2.05, 4.69) is 34.1 Å². The van der Waals surface area contributed by atoms with Crippen molar-refractivity contribution in [3.8, 4) is 10.4 Å². The Morgan fingerprint density at radius 3 is 2.95 bits per heavy atom. The summed E-state index contributed by atoms with van der Waals surface area (Å²) in [4.78, 5) is 8.08. The molecule has 1 fully saturated rings. The number of likely N-dealkylation sites (tertiary alicyclic amines) is 1. The van der Waals surface area contributed by atoms with Gasteiger partial charge in [-0.25, -0.2) is 4.98 Å². The van der Waals surface area contributed by atoms with Crippen LogP contribution in [0.4, 0.5) is 0 Å². The van der Waals surface area contributed by atoms with Crippen molar-refractivity contribution < 1.29 is 5.11 Å². The number of aromatic nitrogens is 1. The van der Waals surface area contributed by atoms with Gasteiger partial charge in [-0.3, -0.25) is 4.90 Å². The van der Waals surface area contributed by atoms with Crippen molar-refractivity contribution in [1.29, 1.82) is 0 Å². The van der Waals surface area contributed by atoms with Gasteiger partial charge < -0.3 is 5.11 Å². The molecule has 19 heavy (non-hydrogen) atoms. The molecule has 2 heterocycles. The molecule has 2 aromatic rings. The van der Waals surface area contributed by atoms with Crippen molar-refractivity contribution in [2.24, 2.45) is 0 Å². The first-order valence-electron chi connectivity index (χ1n) is 6.72. The highest BCUT2D eigenvalue weighted by Gasteiger charge is 2.24. The molecule has 0 saturated carbocycles. The van der Waals surface area contributed by atoms with E-state index in [4.69, 9.17) is 0 Å². The molecule has 1 aliphatic heterocycles. The minimum absolute atomic E-state index is 0.261. The van der Waals surface area contributed by atoms with Gasteiger partial charge in [-0.05, 0) is 24.9 Å². The smallest absolute Gasteiger partial charge is 0.107 e. The van der Waals surface area contributed by atoms with Gasteiger partial charge in [-0.15, -0.1) is 11.3 Å². The van der Waals surface area contributed by atoms with E-state index >= 15 is 0 Å². The average molecular weight is 274 g/mol. The molecule has 0 amide bonds. The molecule has 1 saturated heterocycles. The molecule has 0 radical (unpaired) electrons. The zero-order valence-corrected chi connectivity index (χ0v) is 11.6. The minimum Gasteiger partial charge on any atom is -0.395 e. The number of thiazole rings is 1. The molecular formula is C15H18N2OS. The summed E-state index contributed by atoms with van der Waals surface area (Å²) in [7, 11) is 0. The van der Waals surface area contributed by atoms with Gasteiger partial charge in [0.05, 0.1) is 18.0 Å². The fraction of sp³-hybridized carbons (Fsp3) is 0.400. The number of rotatable bonds is 4. The molecule has 1 aliphatic rings. The highest BCUT2D eigenvalue weighted by molar-refractivity contribution is 7.15. The largest absolute Gasteiger partial charge is 0.395 e. The van der Waals surface area contributed by atoms with Crippen LogP contribution in [-0.4, -0.2) is 34.2 Å². The van der Waals surface area contributed by atoms with Gasteiger partial charge in [0.1, 0.15) is 5.01 Å². The SMILES string of the molecule is OC[C@H]1CCCN1Cc1ncc(-c2ccccc2)s1. The van der Waals surface area contributed by atoms with Gasteiger partial charge in [0.25, 0.3) is 0 Å². The first-order valence-corrected chi connectivity index (χ1v) is 7.53. The second-order valence-electron chi connectivity index (χ2n) is 4.93. The second-order valence-corrected chi connectivity index (χ2v) is 6.05. The first-order chi connectivity index (χ1) is 9.36. The van der Waals surface area contributed by atoms with E-state index in [9.17, 15) is 5.11 Å². The lowest BCUT2D eigenvalue weighted by Crippen LogP contribution is -2.31. The van der Waals surface area contributed by atoms with Crippen molar-refractivity contribution >= 4 is 11.3 Å². The Labute approximate surface area is 117 Å². The Bertz CT molecular complexity index is 526. The third-order valence-corrected chi connectivity index (χ3v) is 4.69. The van der Waals surface area contributed by atoms with Crippen LogP contribution in [-0.2, 0) is 6.54 Å². The summed E-state index contributed by atoms with van der Waals surface area (Å²) in [6, 6.07) is 10.7. The predicted octanol–water partition coefficient (Wildman–Crippen LogP) is 2.77. The van der Waals surface area contributed by atoms with Crippen LogP contribution in [0.25, 0.3) is 10.4 Å². The molecule has 1 aromatic carbocycles. The fourth-order valence-electron chi connectivity index (χ4n) is 2.60. The molecule has 4 heteroatoms. The maximum Gasteiger partial charge on any atom is 0.107 e. The third kappa shape index (κ3) is 2.86. The number of aliphatic hydroxyl groups is 1. The summed E-state index contributed by atoms with van der Waals surface area (Å²) in [5.74, 6) is 0. The van der Waals surface area contributed by atoms with Crippen molar-refractivity contribution in [3.63, 3.8) is 0 Å². The van der Waals surface area contributed by atoms with Crippen LogP contribution >= 0.6 is 11.3 Å². The van der Waals surface area contributed by atoms with Crippen LogP contribution < -0.4 is 0 Å². The van der Waals surface area contributed by atoms with E-state index < -0.39 is 0 Å². The Balaban J connectivity index is 1.72. The fourth-order valence-corrected chi connectivity index (χ4v) is 3.55. The third-order valence-electron chi connectivity index (χ3n) is 3.66. The molecule has 0 aliphatic carbocycles. The molecule has 0 bridgehead atoms. The van der Waals surface area contributed by atoms with Crippen molar-refractivity contribution in [3.05, 3.63) is 41.5 Å². The Hall–Kier alpha value is -1.23. The van der Waals surface area contributed by atoms with Gasteiger partial charge in [0.2, 0.25) is 0 Å². The number of benzene rings is 1. The number of aliphatic hydroxyl groups excluding tert-OH is 1. The monoisotopic (exact) mass is 274 g/mol. The second kappa shape index (κ2) is 5.82. The number of hydrogen-bond donors (Lipinski definition) is 1. The number of hydrogen-bond acceptors (Lipinski definition) is 4. The van der Waals surface area contributed by atoms with E-state index in [0.717, 1.165) is 24.5 Å². The molecule has 1 aromatic heterocycles. The zero-order chi connectivity index (χ0) is 13.1. The van der Waals surface area contributed by atoms with Gasteiger partial charge >= 0.3 is 0 Å². The van der Waals surface area contributed by atoms with Crippen LogP contribution in [0.2, 0.25) is 0 Å². The quantitative estimate of drug-likeness (QED) is 0.931. The summed E-state index contributed by atoms with van der Waals surface area (Å²) in [5.41, 5.74) is 1.23. The Morgan fingerprint density at radius 1 is 1.32 bits per heavy atom. The van der Waals surface area contributed by atoms with E-state index in [1.807, 2.05) is 12.3 Å². The molecule has 1 N–H and O–H groups in total. The Kier molecular flexibility index (Phi) is 3.92. The van der Waals surface area contributed by atoms with E-state index in [0.29, 0.717) is 6.04 Å². The van der Waals surface area contributed by atoms with Gasteiger partial charge in [-0.2, -0.15) is 0 Å². The standard InChI is InChI=1S/C15H18N2OS/c18-11-13-7-4-8-17(13)10-15-16-9-14(19-15)12-5-2-1-3-6-12/h1-3,5-6,9,13,18H,4,7-8,10-11H2/t13-/m1/s1. The topological polar surface area (TPSA) is 36.4 Å². The summed E-state index contributed by atoms with van der Waals surface area (Å²) < 4.78 is 0. The van der Waals surface area contributed by atoms with E-state index in [1.165, 1.54) is 16.9 Å². The van der Waals surface area contributed by atoms with Crippen LogP contribution in [0.5, 0.6) is 0 Å². The lowest BCUT2D eigenvalue weighted by molar-refractivity contribution is 0.153. The molecule has 100 valence electrons. The predicted molar refractivity (Wildman–Crippen MR) is 78.1 cm³/mol. The summed E-state index contributed by atoms with van der Waals surface area (Å²) in [6.45, 7) is 2.20. The summed E-state index contributed by atoms with van der Waals surface area (Å²) in [6.07, 6.45) is 4.24. The number of nitrogens with zero attached hydrogens (tertiary/aromatic N) is 2. The van der Waals surface area contributed by atoms with Crippen LogP contribution in [0.15, 0.2) is 36.5 Å². The molecular weight excluding hydrogens is 256 g/mol. The van der Waals surface area contributed by atoms with Gasteiger partial charge in [-0.1, -0.05) is 30.3 Å². The van der Waals surface area contributed by atoms with E-state index in [1.54, 1.807) is 11.3 Å². The normalized spacial score (nSPS) is 19.9. The maximum absolute atomic E-state index is 9.34. The highest BCUT2D eigenvalue weighted by Crippen LogP contribution is 2.28. The molecule has 1 atom stereocenters. The summed E-state index contributed by atoms with van der Waals surface area (Å²) >= 11 is 1.75. The zero-order valence-electron chi connectivity index (χ0n) is 10.8.